The number of rotatable bonds is 6. The highest BCUT2D eigenvalue weighted by molar-refractivity contribution is 5.94. The fourth-order valence-electron chi connectivity index (χ4n) is 3.07. The van der Waals surface area contributed by atoms with Crippen molar-refractivity contribution in [3.8, 4) is 5.69 Å². The van der Waals surface area contributed by atoms with E-state index >= 15 is 0 Å². The zero-order valence-electron chi connectivity index (χ0n) is 15.9. The zero-order valence-corrected chi connectivity index (χ0v) is 15.9. The summed E-state index contributed by atoms with van der Waals surface area (Å²) in [4.78, 5) is 13.0. The van der Waals surface area contributed by atoms with Crippen molar-refractivity contribution in [2.45, 2.75) is 19.4 Å². The summed E-state index contributed by atoms with van der Waals surface area (Å²) in [7, 11) is 0. The van der Waals surface area contributed by atoms with Crippen LogP contribution in [0.15, 0.2) is 60.9 Å². The normalized spacial score (nSPS) is 12.0. The van der Waals surface area contributed by atoms with Crippen molar-refractivity contribution < 1.29 is 13.6 Å². The van der Waals surface area contributed by atoms with Crippen LogP contribution in [-0.4, -0.2) is 35.9 Å². The van der Waals surface area contributed by atoms with Crippen molar-refractivity contribution in [1.82, 2.24) is 30.0 Å². The van der Waals surface area contributed by atoms with Crippen molar-refractivity contribution in [1.29, 1.82) is 0 Å². The van der Waals surface area contributed by atoms with E-state index in [1.807, 2.05) is 0 Å². The highest BCUT2D eigenvalue weighted by atomic mass is 19.1. The lowest BCUT2D eigenvalue weighted by molar-refractivity contribution is -0.119. The SMILES string of the molecule is Cc1nnnn1C(Cc1ccc(F)cc1)C(=O)Nc1ccc(-n2cccn2)c(F)c1. The summed E-state index contributed by atoms with van der Waals surface area (Å²) in [6, 6.07) is 11.0. The molecule has 2 heterocycles. The first kappa shape index (κ1) is 19.4. The maximum absolute atomic E-state index is 14.5. The van der Waals surface area contributed by atoms with Crippen LogP contribution in [0.1, 0.15) is 17.4 Å². The van der Waals surface area contributed by atoms with Crippen molar-refractivity contribution in [2.24, 2.45) is 0 Å². The Kier molecular flexibility index (Phi) is 5.29. The molecule has 0 aliphatic heterocycles. The van der Waals surface area contributed by atoms with Crippen LogP contribution in [0.5, 0.6) is 0 Å². The van der Waals surface area contributed by atoms with E-state index < -0.39 is 17.8 Å². The lowest BCUT2D eigenvalue weighted by Gasteiger charge is -2.18. The molecule has 0 aliphatic rings. The van der Waals surface area contributed by atoms with Crippen LogP contribution in [0.2, 0.25) is 0 Å². The minimum absolute atomic E-state index is 0.228. The minimum atomic E-state index is -0.806. The van der Waals surface area contributed by atoms with Gasteiger partial charge in [0, 0.05) is 24.5 Å². The molecule has 30 heavy (non-hydrogen) atoms. The maximum Gasteiger partial charge on any atom is 0.249 e. The first-order valence-electron chi connectivity index (χ1n) is 9.10. The Morgan fingerprint density at radius 1 is 1.17 bits per heavy atom. The number of nitrogens with zero attached hydrogens (tertiary/aromatic N) is 6. The minimum Gasteiger partial charge on any atom is -0.324 e. The predicted molar refractivity (Wildman–Crippen MR) is 104 cm³/mol. The third kappa shape index (κ3) is 4.07. The largest absolute Gasteiger partial charge is 0.324 e. The molecule has 2 aromatic carbocycles. The van der Waals surface area contributed by atoms with E-state index in [-0.39, 0.29) is 23.6 Å². The molecule has 1 atom stereocenters. The van der Waals surface area contributed by atoms with Gasteiger partial charge in [-0.15, -0.1) is 5.10 Å². The van der Waals surface area contributed by atoms with E-state index in [1.165, 1.54) is 33.6 Å². The highest BCUT2D eigenvalue weighted by Crippen LogP contribution is 2.21. The lowest BCUT2D eigenvalue weighted by Crippen LogP contribution is -2.29. The molecule has 2 aromatic heterocycles. The van der Waals surface area contributed by atoms with E-state index in [1.54, 1.807) is 43.6 Å². The number of carbonyl (C=O) groups is 1. The number of benzene rings is 2. The van der Waals surface area contributed by atoms with E-state index in [9.17, 15) is 13.6 Å². The van der Waals surface area contributed by atoms with Crippen LogP contribution in [0.3, 0.4) is 0 Å². The van der Waals surface area contributed by atoms with Crippen LogP contribution in [-0.2, 0) is 11.2 Å². The number of tetrazole rings is 1. The van der Waals surface area contributed by atoms with Gasteiger partial charge in [-0.3, -0.25) is 4.79 Å². The smallest absolute Gasteiger partial charge is 0.249 e. The number of anilines is 1. The van der Waals surface area contributed by atoms with Gasteiger partial charge in [0.15, 0.2) is 5.82 Å². The monoisotopic (exact) mass is 409 g/mol. The maximum atomic E-state index is 14.5. The Morgan fingerprint density at radius 3 is 2.60 bits per heavy atom. The van der Waals surface area contributed by atoms with Crippen LogP contribution >= 0.6 is 0 Å². The molecule has 0 radical (unpaired) electrons. The summed E-state index contributed by atoms with van der Waals surface area (Å²) in [5.74, 6) is -0.894. The average Bonchev–Trinajstić information content (AvgIpc) is 3.40. The number of aryl methyl sites for hydroxylation is 1. The number of carbonyl (C=O) groups excluding carboxylic acids is 1. The van der Waals surface area contributed by atoms with Gasteiger partial charge in [-0.1, -0.05) is 12.1 Å². The first-order valence-corrected chi connectivity index (χ1v) is 9.10. The van der Waals surface area contributed by atoms with Crippen molar-refractivity contribution in [2.75, 3.05) is 5.32 Å². The third-order valence-electron chi connectivity index (χ3n) is 4.56. The van der Waals surface area contributed by atoms with Gasteiger partial charge in [0.1, 0.15) is 23.4 Å². The van der Waals surface area contributed by atoms with Crippen molar-refractivity contribution in [3.63, 3.8) is 0 Å². The molecule has 10 heteroatoms. The molecule has 4 rings (SSSR count). The molecule has 0 saturated carbocycles. The molecule has 1 unspecified atom stereocenters. The van der Waals surface area contributed by atoms with Gasteiger partial charge in [-0.05, 0) is 59.3 Å². The molecule has 1 amide bonds. The summed E-state index contributed by atoms with van der Waals surface area (Å²) in [6.07, 6.45) is 3.39. The second-order valence-electron chi connectivity index (χ2n) is 6.62. The molecule has 152 valence electrons. The number of nitrogens with one attached hydrogen (secondary N) is 1. The highest BCUT2D eigenvalue weighted by Gasteiger charge is 2.25. The first-order chi connectivity index (χ1) is 14.5. The van der Waals surface area contributed by atoms with Crippen LogP contribution in [0, 0.1) is 18.6 Å². The van der Waals surface area contributed by atoms with E-state index in [2.05, 4.69) is 25.9 Å². The summed E-state index contributed by atoms with van der Waals surface area (Å²) in [5.41, 5.74) is 1.27. The van der Waals surface area contributed by atoms with Crippen molar-refractivity contribution >= 4 is 11.6 Å². The topological polar surface area (TPSA) is 90.5 Å². The Labute approximate surface area is 170 Å². The van der Waals surface area contributed by atoms with E-state index in [0.717, 1.165) is 5.56 Å². The third-order valence-corrected chi connectivity index (χ3v) is 4.56. The molecule has 0 fully saturated rings. The van der Waals surface area contributed by atoms with Gasteiger partial charge in [0.05, 0.1) is 0 Å². The molecule has 1 N–H and O–H groups in total. The number of amides is 1. The summed E-state index contributed by atoms with van der Waals surface area (Å²) < 4.78 is 30.5. The predicted octanol–water partition coefficient (Wildman–Crippen LogP) is 2.87. The van der Waals surface area contributed by atoms with E-state index in [4.69, 9.17) is 0 Å². The number of halogens is 2. The van der Waals surface area contributed by atoms with Crippen molar-refractivity contribution in [3.05, 3.63) is 83.9 Å². The van der Waals surface area contributed by atoms with Crippen LogP contribution in [0.25, 0.3) is 5.69 Å². The van der Waals surface area contributed by atoms with E-state index in [0.29, 0.717) is 5.82 Å². The lowest BCUT2D eigenvalue weighted by atomic mass is 10.0. The Morgan fingerprint density at radius 2 is 1.97 bits per heavy atom. The number of hydrogen-bond acceptors (Lipinski definition) is 5. The number of hydrogen-bond donors (Lipinski definition) is 1. The van der Waals surface area contributed by atoms with Gasteiger partial charge < -0.3 is 5.32 Å². The van der Waals surface area contributed by atoms with Gasteiger partial charge >= 0.3 is 0 Å². The molecule has 0 saturated heterocycles. The van der Waals surface area contributed by atoms with Gasteiger partial charge in [0.25, 0.3) is 0 Å². The van der Waals surface area contributed by atoms with Crippen LogP contribution in [0.4, 0.5) is 14.5 Å². The average molecular weight is 409 g/mol. The fourth-order valence-corrected chi connectivity index (χ4v) is 3.07. The Balaban J connectivity index is 1.58. The molecule has 0 bridgehead atoms. The summed E-state index contributed by atoms with van der Waals surface area (Å²) in [6.45, 7) is 1.67. The molecule has 0 spiro atoms. The fraction of sp³-hybridized carbons (Fsp3) is 0.150. The zero-order chi connectivity index (χ0) is 21.1. The standard InChI is InChI=1S/C20H17F2N7O/c1-13-25-26-27-29(13)19(11-14-3-5-15(21)6-4-14)20(30)24-16-7-8-18(17(22)12-16)28-10-2-9-23-28/h2-10,12,19H,11H2,1H3,(H,24,30). The van der Waals surface area contributed by atoms with Crippen LogP contribution < -0.4 is 5.32 Å². The second kappa shape index (κ2) is 8.19. The Hall–Kier alpha value is -3.95. The molecular formula is C20H17F2N7O. The van der Waals surface area contributed by atoms with Gasteiger partial charge in [-0.2, -0.15) is 5.10 Å². The molecule has 0 aliphatic carbocycles. The second-order valence-corrected chi connectivity index (χ2v) is 6.62. The molecule has 8 nitrogen and oxygen atoms in total. The van der Waals surface area contributed by atoms with Gasteiger partial charge in [-0.25, -0.2) is 18.1 Å². The molecular weight excluding hydrogens is 392 g/mol. The Bertz CT molecular complexity index is 1160. The molecule has 4 aromatic rings. The number of aromatic nitrogens is 6. The summed E-state index contributed by atoms with van der Waals surface area (Å²) >= 11 is 0. The summed E-state index contributed by atoms with van der Waals surface area (Å²) in [5, 5.41) is 18.0. The van der Waals surface area contributed by atoms with Gasteiger partial charge in [0.2, 0.25) is 5.91 Å². The quantitative estimate of drug-likeness (QED) is 0.529.